The Balaban J connectivity index is 1.64. The summed E-state index contributed by atoms with van der Waals surface area (Å²) in [5.74, 6) is 1.46. The van der Waals surface area contributed by atoms with Crippen LogP contribution in [-0.2, 0) is 6.54 Å². The summed E-state index contributed by atoms with van der Waals surface area (Å²) in [5, 5.41) is 10.1. The van der Waals surface area contributed by atoms with Crippen molar-refractivity contribution in [3.63, 3.8) is 0 Å². The molecule has 0 saturated carbocycles. The van der Waals surface area contributed by atoms with Crippen LogP contribution in [-0.4, -0.2) is 37.8 Å². The van der Waals surface area contributed by atoms with Crippen LogP contribution in [0.5, 0.6) is 0 Å². The number of nitrogens with zero attached hydrogens (tertiary/aromatic N) is 5. The highest BCUT2D eigenvalue weighted by Crippen LogP contribution is 2.34. The minimum absolute atomic E-state index is 0.0886. The van der Waals surface area contributed by atoms with Crippen molar-refractivity contribution in [2.75, 3.05) is 18.1 Å². The van der Waals surface area contributed by atoms with E-state index in [4.69, 9.17) is 9.97 Å². The molecule has 7 nitrogen and oxygen atoms in total. The molecule has 1 atom stereocenters. The van der Waals surface area contributed by atoms with Gasteiger partial charge < -0.3 is 10.0 Å². The standard InChI is InChI=1S/C22H21N5O2/c28-13-12-27-21(25-16-7-2-1-6-15(16)22(27)29)19-10-5-11-26(19)20-14-23-17-8-3-4-9-18(17)24-20/h1-4,6-9,14,19,28H,5,10-13H2. The summed E-state index contributed by atoms with van der Waals surface area (Å²) in [6, 6.07) is 15.1. The van der Waals surface area contributed by atoms with Crippen LogP contribution in [0, 0.1) is 0 Å². The van der Waals surface area contributed by atoms with Gasteiger partial charge >= 0.3 is 0 Å². The maximum atomic E-state index is 13.1. The molecule has 1 aliphatic rings. The summed E-state index contributed by atoms with van der Waals surface area (Å²) >= 11 is 0. The summed E-state index contributed by atoms with van der Waals surface area (Å²) in [6.45, 7) is 0.925. The van der Waals surface area contributed by atoms with E-state index in [1.165, 1.54) is 0 Å². The lowest BCUT2D eigenvalue weighted by molar-refractivity contribution is 0.270. The van der Waals surface area contributed by atoms with Crippen molar-refractivity contribution in [2.24, 2.45) is 0 Å². The molecule has 1 saturated heterocycles. The number of anilines is 1. The van der Waals surface area contributed by atoms with E-state index in [-0.39, 0.29) is 24.8 Å². The Hall–Kier alpha value is -3.32. The van der Waals surface area contributed by atoms with Gasteiger partial charge in [-0.25, -0.2) is 9.97 Å². The number of aliphatic hydroxyl groups is 1. The van der Waals surface area contributed by atoms with Crippen molar-refractivity contribution in [2.45, 2.75) is 25.4 Å². The molecule has 29 heavy (non-hydrogen) atoms. The number of rotatable bonds is 4. The first-order valence-electron chi connectivity index (χ1n) is 9.85. The molecule has 0 spiro atoms. The zero-order valence-corrected chi connectivity index (χ0v) is 15.9. The molecule has 1 aliphatic heterocycles. The Labute approximate surface area is 167 Å². The van der Waals surface area contributed by atoms with E-state index in [9.17, 15) is 9.90 Å². The van der Waals surface area contributed by atoms with E-state index in [1.807, 2.05) is 42.5 Å². The minimum atomic E-state index is -0.116. The summed E-state index contributed by atoms with van der Waals surface area (Å²) in [6.07, 6.45) is 3.63. The van der Waals surface area contributed by atoms with E-state index < -0.39 is 0 Å². The van der Waals surface area contributed by atoms with Crippen LogP contribution >= 0.6 is 0 Å². The van der Waals surface area contributed by atoms with Gasteiger partial charge in [0.05, 0.1) is 47.3 Å². The van der Waals surface area contributed by atoms with Crippen molar-refractivity contribution >= 4 is 27.8 Å². The lowest BCUT2D eigenvalue weighted by Gasteiger charge is -2.27. The molecule has 146 valence electrons. The zero-order valence-electron chi connectivity index (χ0n) is 15.9. The Morgan fingerprint density at radius 2 is 1.76 bits per heavy atom. The maximum absolute atomic E-state index is 13.1. The fraction of sp³-hybridized carbons (Fsp3) is 0.273. The third-order valence-corrected chi connectivity index (χ3v) is 5.50. The van der Waals surface area contributed by atoms with Gasteiger partial charge in [0.15, 0.2) is 0 Å². The van der Waals surface area contributed by atoms with Gasteiger partial charge in [-0.3, -0.25) is 14.3 Å². The van der Waals surface area contributed by atoms with Gasteiger partial charge in [-0.05, 0) is 37.1 Å². The first kappa shape index (κ1) is 17.8. The lowest BCUT2D eigenvalue weighted by Crippen LogP contribution is -2.33. The van der Waals surface area contributed by atoms with Crippen molar-refractivity contribution < 1.29 is 5.11 Å². The lowest BCUT2D eigenvalue weighted by atomic mass is 10.1. The second kappa shape index (κ2) is 7.25. The normalized spacial score (nSPS) is 16.7. The van der Waals surface area contributed by atoms with Crippen molar-refractivity contribution in [3.8, 4) is 0 Å². The highest BCUT2D eigenvalue weighted by atomic mass is 16.3. The van der Waals surface area contributed by atoms with E-state index in [1.54, 1.807) is 16.8 Å². The van der Waals surface area contributed by atoms with Crippen molar-refractivity contribution in [1.82, 2.24) is 19.5 Å². The number of fused-ring (bicyclic) bond motifs is 2. The predicted octanol–water partition coefficient (Wildman–Crippen LogP) is 2.67. The monoisotopic (exact) mass is 387 g/mol. The number of hydrogen-bond donors (Lipinski definition) is 1. The number of aromatic nitrogens is 4. The second-order valence-corrected chi connectivity index (χ2v) is 7.24. The van der Waals surface area contributed by atoms with Gasteiger partial charge in [0.1, 0.15) is 11.6 Å². The molecule has 7 heteroatoms. The van der Waals surface area contributed by atoms with Gasteiger partial charge in [-0.2, -0.15) is 0 Å². The Morgan fingerprint density at radius 1 is 1.00 bits per heavy atom. The molecular weight excluding hydrogens is 366 g/mol. The highest BCUT2D eigenvalue weighted by molar-refractivity contribution is 5.78. The first-order chi connectivity index (χ1) is 14.3. The highest BCUT2D eigenvalue weighted by Gasteiger charge is 2.31. The van der Waals surface area contributed by atoms with Crippen molar-refractivity contribution in [1.29, 1.82) is 0 Å². The van der Waals surface area contributed by atoms with Crippen LogP contribution in [0.1, 0.15) is 24.7 Å². The Bertz CT molecular complexity index is 1250. The molecule has 4 aromatic rings. The van der Waals surface area contributed by atoms with E-state index in [2.05, 4.69) is 9.88 Å². The average Bonchev–Trinajstić information content (AvgIpc) is 3.25. The number of benzene rings is 2. The van der Waals surface area contributed by atoms with Crippen LogP contribution in [0.15, 0.2) is 59.5 Å². The van der Waals surface area contributed by atoms with Crippen LogP contribution in [0.2, 0.25) is 0 Å². The topological polar surface area (TPSA) is 84.1 Å². The molecule has 2 aromatic heterocycles. The average molecular weight is 387 g/mol. The summed E-state index contributed by atoms with van der Waals surface area (Å²) in [7, 11) is 0. The van der Waals surface area contributed by atoms with Crippen LogP contribution in [0.25, 0.3) is 21.9 Å². The first-order valence-corrected chi connectivity index (χ1v) is 9.85. The van der Waals surface area contributed by atoms with Gasteiger partial charge in [0.25, 0.3) is 5.56 Å². The van der Waals surface area contributed by atoms with Gasteiger partial charge in [-0.1, -0.05) is 24.3 Å². The van der Waals surface area contributed by atoms with E-state index in [0.29, 0.717) is 16.7 Å². The fourth-order valence-corrected chi connectivity index (χ4v) is 4.15. The molecule has 0 bridgehead atoms. The molecule has 1 fully saturated rings. The predicted molar refractivity (Wildman–Crippen MR) is 112 cm³/mol. The van der Waals surface area contributed by atoms with Crippen LogP contribution in [0.3, 0.4) is 0 Å². The summed E-state index contributed by atoms with van der Waals surface area (Å²) in [5.41, 5.74) is 2.26. The zero-order chi connectivity index (χ0) is 19.8. The van der Waals surface area contributed by atoms with Gasteiger partial charge in [0.2, 0.25) is 0 Å². The Kier molecular flexibility index (Phi) is 4.44. The number of aliphatic hydroxyl groups excluding tert-OH is 1. The molecule has 2 aromatic carbocycles. The Morgan fingerprint density at radius 3 is 2.59 bits per heavy atom. The van der Waals surface area contributed by atoms with E-state index >= 15 is 0 Å². The fourth-order valence-electron chi connectivity index (χ4n) is 4.15. The van der Waals surface area contributed by atoms with Gasteiger partial charge in [-0.15, -0.1) is 0 Å². The smallest absolute Gasteiger partial charge is 0.261 e. The van der Waals surface area contributed by atoms with Crippen LogP contribution in [0.4, 0.5) is 5.82 Å². The second-order valence-electron chi connectivity index (χ2n) is 7.24. The molecule has 3 heterocycles. The quantitative estimate of drug-likeness (QED) is 0.580. The molecule has 0 aliphatic carbocycles. The molecule has 0 radical (unpaired) electrons. The summed E-state index contributed by atoms with van der Waals surface area (Å²) in [4.78, 5) is 29.4. The number of hydrogen-bond acceptors (Lipinski definition) is 6. The molecule has 1 unspecified atom stereocenters. The van der Waals surface area contributed by atoms with Crippen LogP contribution < -0.4 is 10.5 Å². The molecule has 1 N–H and O–H groups in total. The minimum Gasteiger partial charge on any atom is -0.395 e. The SMILES string of the molecule is O=c1c2ccccc2nc(C2CCCN2c2cnc3ccccc3n2)n1CCO. The number of para-hydroxylation sites is 3. The third kappa shape index (κ3) is 3.03. The van der Waals surface area contributed by atoms with Crippen molar-refractivity contribution in [3.05, 3.63) is 70.9 Å². The molecule has 0 amide bonds. The summed E-state index contributed by atoms with van der Waals surface area (Å²) < 4.78 is 1.61. The largest absolute Gasteiger partial charge is 0.395 e. The third-order valence-electron chi connectivity index (χ3n) is 5.50. The maximum Gasteiger partial charge on any atom is 0.261 e. The van der Waals surface area contributed by atoms with Gasteiger partial charge in [0, 0.05) is 6.54 Å². The molecule has 5 rings (SSSR count). The van der Waals surface area contributed by atoms with E-state index in [0.717, 1.165) is 36.2 Å². The molecular formula is C22H21N5O2.